The number of hydrogen-bond donors (Lipinski definition) is 2. The molecule has 1 amide bonds. The first-order chi connectivity index (χ1) is 9.49. The van der Waals surface area contributed by atoms with Gasteiger partial charge in [0.25, 0.3) is 0 Å². The van der Waals surface area contributed by atoms with E-state index >= 15 is 0 Å². The van der Waals surface area contributed by atoms with Crippen molar-refractivity contribution < 1.29 is 4.79 Å². The predicted octanol–water partition coefficient (Wildman–Crippen LogP) is 1.71. The lowest BCUT2D eigenvalue weighted by Crippen LogP contribution is -2.33. The van der Waals surface area contributed by atoms with E-state index in [1.807, 2.05) is 11.5 Å². The Morgan fingerprint density at radius 1 is 1.40 bits per heavy atom. The second-order valence-corrected chi connectivity index (χ2v) is 6.06. The van der Waals surface area contributed by atoms with Crippen LogP contribution in [-0.2, 0) is 11.3 Å². The highest BCUT2D eigenvalue weighted by atomic mass is 32.2. The lowest BCUT2D eigenvalue weighted by atomic mass is 10.2. The average molecular weight is 299 g/mol. The monoisotopic (exact) mass is 299 g/mol. The zero-order valence-electron chi connectivity index (χ0n) is 12.7. The maximum Gasteiger partial charge on any atom is 0.230 e. The van der Waals surface area contributed by atoms with Crippen LogP contribution >= 0.6 is 11.8 Å². The van der Waals surface area contributed by atoms with E-state index in [0.29, 0.717) is 12.3 Å². The number of nitrogens with one attached hydrogen (secondary N) is 1. The first-order valence-corrected chi connectivity index (χ1v) is 8.04. The van der Waals surface area contributed by atoms with Gasteiger partial charge in [0.1, 0.15) is 5.82 Å². The summed E-state index contributed by atoms with van der Waals surface area (Å²) in [4.78, 5) is 11.8. The van der Waals surface area contributed by atoms with Crippen LogP contribution in [0.15, 0.2) is 5.16 Å². The SMILES string of the molecule is CCCC(C)NC(=O)CSc1nnc(CN)n1C(C)C. The molecule has 0 aliphatic heterocycles. The van der Waals surface area contributed by atoms with E-state index in [1.54, 1.807) is 0 Å². The molecule has 1 aromatic rings. The van der Waals surface area contributed by atoms with Gasteiger partial charge in [0, 0.05) is 12.1 Å². The van der Waals surface area contributed by atoms with E-state index in [1.165, 1.54) is 11.8 Å². The van der Waals surface area contributed by atoms with Crippen molar-refractivity contribution in [2.75, 3.05) is 5.75 Å². The summed E-state index contributed by atoms with van der Waals surface area (Å²) in [6, 6.07) is 0.448. The molecule has 0 aliphatic rings. The molecule has 3 N–H and O–H groups in total. The lowest BCUT2D eigenvalue weighted by Gasteiger charge is -2.14. The van der Waals surface area contributed by atoms with Crippen molar-refractivity contribution in [3.63, 3.8) is 0 Å². The number of aromatic nitrogens is 3. The number of thioether (sulfide) groups is 1. The highest BCUT2D eigenvalue weighted by molar-refractivity contribution is 7.99. The minimum absolute atomic E-state index is 0.0311. The molecule has 0 spiro atoms. The second-order valence-electron chi connectivity index (χ2n) is 5.11. The normalized spacial score (nSPS) is 12.7. The molecule has 1 heterocycles. The van der Waals surface area contributed by atoms with Crippen molar-refractivity contribution in [1.82, 2.24) is 20.1 Å². The van der Waals surface area contributed by atoms with Gasteiger partial charge >= 0.3 is 0 Å². The summed E-state index contributed by atoms with van der Waals surface area (Å²) in [7, 11) is 0. The van der Waals surface area contributed by atoms with Crippen LogP contribution in [0.5, 0.6) is 0 Å². The number of nitrogens with zero attached hydrogens (tertiary/aromatic N) is 3. The zero-order chi connectivity index (χ0) is 15.1. The van der Waals surface area contributed by atoms with Crippen LogP contribution in [0.1, 0.15) is 52.4 Å². The molecule has 0 saturated carbocycles. The van der Waals surface area contributed by atoms with Gasteiger partial charge in [-0.25, -0.2) is 0 Å². The topological polar surface area (TPSA) is 85.8 Å². The lowest BCUT2D eigenvalue weighted by molar-refractivity contribution is -0.119. The van der Waals surface area contributed by atoms with Gasteiger partial charge in [0.05, 0.1) is 12.3 Å². The number of carbonyl (C=O) groups is 1. The van der Waals surface area contributed by atoms with Gasteiger partial charge in [-0.3, -0.25) is 4.79 Å². The highest BCUT2D eigenvalue weighted by Gasteiger charge is 2.15. The summed E-state index contributed by atoms with van der Waals surface area (Å²) in [6.07, 6.45) is 2.06. The van der Waals surface area contributed by atoms with E-state index in [0.717, 1.165) is 23.8 Å². The predicted molar refractivity (Wildman–Crippen MR) is 81.5 cm³/mol. The standard InChI is InChI=1S/C13H25N5OS/c1-5-6-10(4)15-12(19)8-20-13-17-16-11(7-14)18(13)9(2)3/h9-10H,5-8,14H2,1-4H3,(H,15,19). The number of rotatable bonds is 8. The van der Waals surface area contributed by atoms with Gasteiger partial charge in [0.2, 0.25) is 5.91 Å². The minimum Gasteiger partial charge on any atom is -0.353 e. The van der Waals surface area contributed by atoms with Gasteiger partial charge in [0.15, 0.2) is 5.16 Å². The van der Waals surface area contributed by atoms with Crippen molar-refractivity contribution in [2.45, 2.75) is 64.3 Å². The highest BCUT2D eigenvalue weighted by Crippen LogP contribution is 2.21. The molecule has 1 atom stereocenters. The Hall–Kier alpha value is -1.08. The molecule has 0 bridgehead atoms. The Morgan fingerprint density at radius 3 is 2.65 bits per heavy atom. The van der Waals surface area contributed by atoms with Crippen molar-refractivity contribution in [3.8, 4) is 0 Å². The molecular formula is C13H25N5OS. The molecular weight excluding hydrogens is 274 g/mol. The summed E-state index contributed by atoms with van der Waals surface area (Å²) in [5.74, 6) is 1.13. The molecule has 1 rings (SSSR count). The van der Waals surface area contributed by atoms with Crippen LogP contribution in [0.3, 0.4) is 0 Å². The molecule has 6 nitrogen and oxygen atoms in total. The molecule has 0 fully saturated rings. The molecule has 1 aromatic heterocycles. The number of carbonyl (C=O) groups excluding carboxylic acids is 1. The Bertz CT molecular complexity index is 432. The van der Waals surface area contributed by atoms with Crippen LogP contribution < -0.4 is 11.1 Å². The summed E-state index contributed by atoms with van der Waals surface area (Å²) >= 11 is 1.40. The van der Waals surface area contributed by atoms with Crippen molar-refractivity contribution in [3.05, 3.63) is 5.82 Å². The van der Waals surface area contributed by atoms with Crippen molar-refractivity contribution in [2.24, 2.45) is 5.73 Å². The fourth-order valence-corrected chi connectivity index (χ4v) is 2.91. The molecule has 1 unspecified atom stereocenters. The maximum absolute atomic E-state index is 11.8. The molecule has 0 aromatic carbocycles. The zero-order valence-corrected chi connectivity index (χ0v) is 13.5. The van der Waals surface area contributed by atoms with E-state index in [-0.39, 0.29) is 18.0 Å². The Balaban J connectivity index is 2.57. The van der Waals surface area contributed by atoms with E-state index in [9.17, 15) is 4.79 Å². The third-order valence-corrected chi connectivity index (χ3v) is 3.84. The van der Waals surface area contributed by atoms with E-state index in [4.69, 9.17) is 5.73 Å². The quantitative estimate of drug-likeness (QED) is 0.714. The summed E-state index contributed by atoms with van der Waals surface area (Å²) in [6.45, 7) is 8.59. The van der Waals surface area contributed by atoms with E-state index < -0.39 is 0 Å². The van der Waals surface area contributed by atoms with Crippen LogP contribution in [0.2, 0.25) is 0 Å². The number of amides is 1. The number of hydrogen-bond acceptors (Lipinski definition) is 5. The van der Waals surface area contributed by atoms with Crippen molar-refractivity contribution in [1.29, 1.82) is 0 Å². The van der Waals surface area contributed by atoms with Gasteiger partial charge < -0.3 is 15.6 Å². The van der Waals surface area contributed by atoms with E-state index in [2.05, 4.69) is 36.3 Å². The third-order valence-electron chi connectivity index (χ3n) is 2.90. The fourth-order valence-electron chi connectivity index (χ4n) is 2.02. The molecule has 0 aliphatic carbocycles. The Labute approximate surface area is 124 Å². The summed E-state index contributed by atoms with van der Waals surface area (Å²) < 4.78 is 1.98. The van der Waals surface area contributed by atoms with Gasteiger partial charge in [-0.2, -0.15) is 0 Å². The van der Waals surface area contributed by atoms with Crippen LogP contribution in [0.25, 0.3) is 0 Å². The second kappa shape index (κ2) is 8.26. The van der Waals surface area contributed by atoms with Gasteiger partial charge in [-0.05, 0) is 27.2 Å². The Kier molecular flexibility index (Phi) is 7.01. The van der Waals surface area contributed by atoms with Crippen molar-refractivity contribution >= 4 is 17.7 Å². The Morgan fingerprint density at radius 2 is 2.10 bits per heavy atom. The van der Waals surface area contributed by atoms with Crippen LogP contribution in [0.4, 0.5) is 0 Å². The largest absolute Gasteiger partial charge is 0.353 e. The van der Waals surface area contributed by atoms with Crippen LogP contribution in [0, 0.1) is 0 Å². The van der Waals surface area contributed by atoms with Crippen LogP contribution in [-0.4, -0.2) is 32.5 Å². The first kappa shape index (κ1) is 17.0. The third kappa shape index (κ3) is 4.79. The minimum atomic E-state index is 0.0311. The molecule has 0 saturated heterocycles. The molecule has 114 valence electrons. The average Bonchev–Trinajstić information content (AvgIpc) is 2.79. The fraction of sp³-hybridized carbons (Fsp3) is 0.769. The smallest absolute Gasteiger partial charge is 0.230 e. The number of nitrogens with two attached hydrogens (primary N) is 1. The summed E-state index contributed by atoms with van der Waals surface area (Å²) in [5.41, 5.74) is 5.65. The molecule has 7 heteroatoms. The first-order valence-electron chi connectivity index (χ1n) is 7.05. The van der Waals surface area contributed by atoms with Gasteiger partial charge in [-0.1, -0.05) is 25.1 Å². The molecule has 20 heavy (non-hydrogen) atoms. The maximum atomic E-state index is 11.8. The van der Waals surface area contributed by atoms with Gasteiger partial charge in [-0.15, -0.1) is 10.2 Å². The molecule has 0 radical (unpaired) electrons. The summed E-state index contributed by atoms with van der Waals surface area (Å²) in [5, 5.41) is 11.9.